The first kappa shape index (κ1) is 14.5. The SMILES string of the molecule is NCc1ccc(C(=O)N2CCC(CCC(=O)O)C2)cc1. The molecule has 0 radical (unpaired) electrons. The van der Waals surface area contributed by atoms with Crippen molar-refractivity contribution in [2.24, 2.45) is 11.7 Å². The number of rotatable bonds is 5. The molecule has 1 saturated heterocycles. The average Bonchev–Trinajstić information content (AvgIpc) is 2.93. The predicted octanol–water partition coefficient (Wildman–Crippen LogP) is 1.47. The van der Waals surface area contributed by atoms with Crippen molar-refractivity contribution >= 4 is 11.9 Å². The van der Waals surface area contributed by atoms with Crippen LogP contribution >= 0.6 is 0 Å². The Hall–Kier alpha value is -1.88. The molecule has 5 nitrogen and oxygen atoms in total. The zero-order valence-corrected chi connectivity index (χ0v) is 11.4. The molecular weight excluding hydrogens is 256 g/mol. The normalized spacial score (nSPS) is 18.2. The Kier molecular flexibility index (Phi) is 4.74. The molecule has 20 heavy (non-hydrogen) atoms. The van der Waals surface area contributed by atoms with E-state index in [2.05, 4.69) is 0 Å². The van der Waals surface area contributed by atoms with Gasteiger partial charge in [0.05, 0.1) is 0 Å². The number of carboxylic acids is 1. The van der Waals surface area contributed by atoms with Crippen LogP contribution in [0, 0.1) is 5.92 Å². The molecule has 3 N–H and O–H groups in total. The summed E-state index contributed by atoms with van der Waals surface area (Å²) in [6.45, 7) is 1.84. The van der Waals surface area contributed by atoms with Gasteiger partial charge in [-0.25, -0.2) is 0 Å². The molecule has 0 spiro atoms. The van der Waals surface area contributed by atoms with E-state index >= 15 is 0 Å². The summed E-state index contributed by atoms with van der Waals surface area (Å²) in [4.78, 5) is 24.7. The molecule has 2 rings (SSSR count). The molecule has 1 aliphatic rings. The Morgan fingerprint density at radius 1 is 1.30 bits per heavy atom. The summed E-state index contributed by atoms with van der Waals surface area (Å²) in [6.07, 6.45) is 1.71. The van der Waals surface area contributed by atoms with E-state index in [0.717, 1.165) is 12.0 Å². The first-order valence-corrected chi connectivity index (χ1v) is 6.90. The third-order valence-electron chi connectivity index (χ3n) is 3.78. The van der Waals surface area contributed by atoms with Crippen LogP contribution in [-0.4, -0.2) is 35.0 Å². The molecule has 1 amide bonds. The van der Waals surface area contributed by atoms with Gasteiger partial charge < -0.3 is 15.7 Å². The molecule has 1 unspecified atom stereocenters. The van der Waals surface area contributed by atoms with E-state index < -0.39 is 5.97 Å². The molecule has 1 aliphatic heterocycles. The number of carbonyl (C=O) groups is 2. The van der Waals surface area contributed by atoms with Gasteiger partial charge in [-0.05, 0) is 36.5 Å². The van der Waals surface area contributed by atoms with Crippen molar-refractivity contribution in [3.8, 4) is 0 Å². The number of nitrogens with zero attached hydrogens (tertiary/aromatic N) is 1. The van der Waals surface area contributed by atoms with E-state index in [-0.39, 0.29) is 12.3 Å². The predicted molar refractivity (Wildman–Crippen MR) is 75.2 cm³/mol. The second kappa shape index (κ2) is 6.52. The van der Waals surface area contributed by atoms with Crippen molar-refractivity contribution in [1.29, 1.82) is 0 Å². The van der Waals surface area contributed by atoms with Gasteiger partial charge in [-0.3, -0.25) is 9.59 Å². The van der Waals surface area contributed by atoms with Gasteiger partial charge in [0.15, 0.2) is 0 Å². The van der Waals surface area contributed by atoms with E-state index in [9.17, 15) is 9.59 Å². The van der Waals surface area contributed by atoms with Crippen LogP contribution in [0.15, 0.2) is 24.3 Å². The summed E-state index contributed by atoms with van der Waals surface area (Å²) in [5.74, 6) is -0.447. The van der Waals surface area contributed by atoms with Gasteiger partial charge in [0.1, 0.15) is 0 Å². The monoisotopic (exact) mass is 276 g/mol. The molecule has 5 heteroatoms. The van der Waals surface area contributed by atoms with Crippen LogP contribution in [0.5, 0.6) is 0 Å². The first-order chi connectivity index (χ1) is 9.60. The maximum absolute atomic E-state index is 12.3. The molecule has 1 aromatic carbocycles. The van der Waals surface area contributed by atoms with Crippen molar-refractivity contribution in [2.75, 3.05) is 13.1 Å². The van der Waals surface area contributed by atoms with Crippen molar-refractivity contribution < 1.29 is 14.7 Å². The minimum absolute atomic E-state index is 0.0198. The number of amides is 1. The van der Waals surface area contributed by atoms with Gasteiger partial charge in [0.2, 0.25) is 0 Å². The minimum atomic E-state index is -0.771. The van der Waals surface area contributed by atoms with Crippen molar-refractivity contribution in [3.05, 3.63) is 35.4 Å². The van der Waals surface area contributed by atoms with Gasteiger partial charge in [-0.2, -0.15) is 0 Å². The van der Waals surface area contributed by atoms with Crippen LogP contribution in [0.25, 0.3) is 0 Å². The fraction of sp³-hybridized carbons (Fsp3) is 0.467. The minimum Gasteiger partial charge on any atom is -0.481 e. The fourth-order valence-corrected chi connectivity index (χ4v) is 2.55. The van der Waals surface area contributed by atoms with Gasteiger partial charge >= 0.3 is 5.97 Å². The molecule has 0 aliphatic carbocycles. The van der Waals surface area contributed by atoms with Crippen molar-refractivity contribution in [1.82, 2.24) is 4.90 Å². The van der Waals surface area contributed by atoms with Crippen LogP contribution in [0.2, 0.25) is 0 Å². The Morgan fingerprint density at radius 3 is 2.60 bits per heavy atom. The zero-order valence-electron chi connectivity index (χ0n) is 11.4. The summed E-state index contributed by atoms with van der Waals surface area (Å²) in [6, 6.07) is 7.33. The molecule has 0 saturated carbocycles. The topological polar surface area (TPSA) is 83.6 Å². The van der Waals surface area contributed by atoms with Crippen LogP contribution < -0.4 is 5.73 Å². The van der Waals surface area contributed by atoms with Crippen molar-refractivity contribution in [2.45, 2.75) is 25.8 Å². The van der Waals surface area contributed by atoms with E-state index in [1.165, 1.54) is 0 Å². The Labute approximate surface area is 118 Å². The van der Waals surface area contributed by atoms with E-state index in [4.69, 9.17) is 10.8 Å². The third kappa shape index (κ3) is 3.57. The lowest BCUT2D eigenvalue weighted by Gasteiger charge is -2.16. The number of hydrogen-bond acceptors (Lipinski definition) is 3. The molecule has 1 atom stereocenters. The van der Waals surface area contributed by atoms with Gasteiger partial charge in [-0.1, -0.05) is 12.1 Å². The number of nitrogens with two attached hydrogens (primary N) is 1. The number of benzene rings is 1. The molecular formula is C15H20N2O3. The number of carboxylic acid groups (broad SMARTS) is 1. The lowest BCUT2D eigenvalue weighted by molar-refractivity contribution is -0.137. The summed E-state index contributed by atoms with van der Waals surface area (Å²) in [5, 5.41) is 8.69. The molecule has 1 fully saturated rings. The molecule has 108 valence electrons. The lowest BCUT2D eigenvalue weighted by atomic mass is 10.0. The number of hydrogen-bond donors (Lipinski definition) is 2. The molecule has 0 bridgehead atoms. The summed E-state index contributed by atoms with van der Waals surface area (Å²) >= 11 is 0. The Bertz CT molecular complexity index is 484. The van der Waals surface area contributed by atoms with Crippen molar-refractivity contribution in [3.63, 3.8) is 0 Å². The highest BCUT2D eigenvalue weighted by molar-refractivity contribution is 5.94. The average molecular weight is 276 g/mol. The lowest BCUT2D eigenvalue weighted by Crippen LogP contribution is -2.28. The second-order valence-corrected chi connectivity index (χ2v) is 5.24. The maximum atomic E-state index is 12.3. The van der Waals surface area contributed by atoms with Gasteiger partial charge in [0.25, 0.3) is 5.91 Å². The van der Waals surface area contributed by atoms with Crippen LogP contribution in [-0.2, 0) is 11.3 Å². The fourth-order valence-electron chi connectivity index (χ4n) is 2.55. The second-order valence-electron chi connectivity index (χ2n) is 5.24. The molecule has 1 heterocycles. The first-order valence-electron chi connectivity index (χ1n) is 6.90. The zero-order chi connectivity index (χ0) is 14.5. The highest BCUT2D eigenvalue weighted by Crippen LogP contribution is 2.22. The highest BCUT2D eigenvalue weighted by Gasteiger charge is 2.27. The smallest absolute Gasteiger partial charge is 0.303 e. The number of likely N-dealkylation sites (tertiary alicyclic amines) is 1. The number of carbonyl (C=O) groups excluding carboxylic acids is 1. The summed E-state index contributed by atoms with van der Waals surface area (Å²) < 4.78 is 0. The third-order valence-corrected chi connectivity index (χ3v) is 3.78. The molecule has 0 aromatic heterocycles. The van der Waals surface area contributed by atoms with Crippen LogP contribution in [0.1, 0.15) is 35.2 Å². The molecule has 1 aromatic rings. The van der Waals surface area contributed by atoms with Crippen LogP contribution in [0.3, 0.4) is 0 Å². The van der Waals surface area contributed by atoms with Gasteiger partial charge in [0, 0.05) is 31.6 Å². The largest absolute Gasteiger partial charge is 0.481 e. The highest BCUT2D eigenvalue weighted by atomic mass is 16.4. The summed E-state index contributed by atoms with van der Waals surface area (Å²) in [5.41, 5.74) is 7.20. The van der Waals surface area contributed by atoms with E-state index in [1.54, 1.807) is 12.1 Å². The summed E-state index contributed by atoms with van der Waals surface area (Å²) in [7, 11) is 0. The standard InChI is InChI=1S/C15H20N2O3/c16-9-11-1-4-13(5-2-11)15(20)17-8-7-12(10-17)3-6-14(18)19/h1-2,4-5,12H,3,6-10,16H2,(H,18,19). The van der Waals surface area contributed by atoms with Gasteiger partial charge in [-0.15, -0.1) is 0 Å². The number of aliphatic carboxylic acids is 1. The van der Waals surface area contributed by atoms with E-state index in [0.29, 0.717) is 37.5 Å². The quantitative estimate of drug-likeness (QED) is 0.853. The Balaban J connectivity index is 1.91. The maximum Gasteiger partial charge on any atom is 0.303 e. The van der Waals surface area contributed by atoms with Crippen LogP contribution in [0.4, 0.5) is 0 Å². The van der Waals surface area contributed by atoms with E-state index in [1.807, 2.05) is 17.0 Å². The Morgan fingerprint density at radius 2 is 2.00 bits per heavy atom.